The van der Waals surface area contributed by atoms with Crippen LogP contribution in [0.2, 0.25) is 5.02 Å². The molecule has 0 atom stereocenters. The Hall–Kier alpha value is -1.17. The van der Waals surface area contributed by atoms with Crippen molar-refractivity contribution < 1.29 is 4.39 Å². The van der Waals surface area contributed by atoms with Crippen molar-refractivity contribution in [2.24, 2.45) is 0 Å². The molecule has 0 radical (unpaired) electrons. The van der Waals surface area contributed by atoms with Gasteiger partial charge in [-0.25, -0.2) is 14.4 Å². The van der Waals surface area contributed by atoms with Gasteiger partial charge in [0.1, 0.15) is 11.6 Å². The van der Waals surface area contributed by atoms with Gasteiger partial charge in [0.05, 0.1) is 21.1 Å². The van der Waals surface area contributed by atoms with Gasteiger partial charge < -0.3 is 4.57 Å². The fourth-order valence-electron chi connectivity index (χ4n) is 2.28. The van der Waals surface area contributed by atoms with Crippen LogP contribution < -0.4 is 0 Å². The summed E-state index contributed by atoms with van der Waals surface area (Å²) in [5, 5.41) is 3.12. The summed E-state index contributed by atoms with van der Waals surface area (Å²) in [5.74, 6) is 0.862. The van der Waals surface area contributed by atoms with Gasteiger partial charge in [-0.15, -0.1) is 22.9 Å². The minimum atomic E-state index is -0.453. The maximum atomic E-state index is 13.6. The fourth-order valence-corrected chi connectivity index (χ4v) is 3.22. The first-order chi connectivity index (χ1) is 10.2. The SMILES string of the molecule is Fc1cc2nc(CCCl)n(CCc3nccs3)c2cc1Cl. The van der Waals surface area contributed by atoms with Crippen molar-refractivity contribution >= 4 is 45.6 Å². The number of nitrogens with zero attached hydrogens (tertiary/aromatic N) is 3. The molecule has 2 aromatic heterocycles. The molecule has 0 N–H and O–H groups in total. The number of halogens is 3. The fraction of sp³-hybridized carbons (Fsp3) is 0.286. The topological polar surface area (TPSA) is 30.7 Å². The van der Waals surface area contributed by atoms with E-state index in [1.165, 1.54) is 6.07 Å². The summed E-state index contributed by atoms with van der Waals surface area (Å²) in [6, 6.07) is 2.99. The summed E-state index contributed by atoms with van der Waals surface area (Å²) < 4.78 is 15.6. The van der Waals surface area contributed by atoms with E-state index in [1.54, 1.807) is 23.6 Å². The average molecular weight is 344 g/mol. The standard InChI is InChI=1S/C14H12Cl2FN3S/c15-3-1-13-19-11-8-10(17)9(16)7-12(11)20(13)5-2-14-18-4-6-21-14/h4,6-8H,1-3,5H2. The molecule has 0 aliphatic carbocycles. The number of fused-ring (bicyclic) bond motifs is 1. The predicted octanol–water partition coefficient (Wildman–Crippen LogP) is 4.31. The van der Waals surface area contributed by atoms with Gasteiger partial charge in [-0.3, -0.25) is 0 Å². The summed E-state index contributed by atoms with van der Waals surface area (Å²) >= 11 is 13.3. The van der Waals surface area contributed by atoms with Crippen molar-refractivity contribution in [3.8, 4) is 0 Å². The van der Waals surface area contributed by atoms with Crippen molar-refractivity contribution in [1.29, 1.82) is 0 Å². The minimum absolute atomic E-state index is 0.107. The number of benzene rings is 1. The van der Waals surface area contributed by atoms with Gasteiger partial charge in [-0.05, 0) is 6.07 Å². The number of alkyl halides is 1. The smallest absolute Gasteiger partial charge is 0.144 e. The molecule has 21 heavy (non-hydrogen) atoms. The van der Waals surface area contributed by atoms with Crippen molar-refractivity contribution in [3.05, 3.63) is 45.4 Å². The highest BCUT2D eigenvalue weighted by atomic mass is 35.5. The van der Waals surface area contributed by atoms with Crippen LogP contribution in [-0.4, -0.2) is 20.4 Å². The molecule has 0 spiro atoms. The van der Waals surface area contributed by atoms with Gasteiger partial charge in [-0.1, -0.05) is 11.6 Å². The van der Waals surface area contributed by atoms with E-state index in [2.05, 4.69) is 9.97 Å². The number of rotatable bonds is 5. The van der Waals surface area contributed by atoms with Crippen molar-refractivity contribution in [1.82, 2.24) is 14.5 Å². The first-order valence-electron chi connectivity index (χ1n) is 6.47. The van der Waals surface area contributed by atoms with Crippen LogP contribution in [-0.2, 0) is 19.4 Å². The number of hydrogen-bond acceptors (Lipinski definition) is 3. The van der Waals surface area contributed by atoms with E-state index in [9.17, 15) is 4.39 Å². The molecule has 7 heteroatoms. The van der Waals surface area contributed by atoms with E-state index < -0.39 is 5.82 Å². The Balaban J connectivity index is 2.00. The van der Waals surface area contributed by atoms with Crippen molar-refractivity contribution in [2.45, 2.75) is 19.4 Å². The van der Waals surface area contributed by atoms with Gasteiger partial charge in [0, 0.05) is 42.9 Å². The van der Waals surface area contributed by atoms with Crippen LogP contribution in [0.25, 0.3) is 11.0 Å². The molecule has 0 bridgehead atoms. The lowest BCUT2D eigenvalue weighted by atomic mass is 10.3. The lowest BCUT2D eigenvalue weighted by Gasteiger charge is -2.07. The summed E-state index contributed by atoms with van der Waals surface area (Å²) in [6.45, 7) is 0.720. The average Bonchev–Trinajstić information content (AvgIpc) is 3.06. The number of aryl methyl sites for hydroxylation is 3. The molecule has 2 heterocycles. The zero-order valence-electron chi connectivity index (χ0n) is 11.0. The molecule has 110 valence electrons. The van der Waals surface area contributed by atoms with E-state index in [0.717, 1.165) is 29.3 Å². The highest BCUT2D eigenvalue weighted by Gasteiger charge is 2.13. The molecule has 0 aliphatic heterocycles. The van der Waals surface area contributed by atoms with E-state index in [4.69, 9.17) is 23.2 Å². The van der Waals surface area contributed by atoms with E-state index in [1.807, 2.05) is 9.95 Å². The minimum Gasteiger partial charge on any atom is -0.327 e. The van der Waals surface area contributed by atoms with Gasteiger partial charge in [0.2, 0.25) is 0 Å². The van der Waals surface area contributed by atoms with E-state index >= 15 is 0 Å². The predicted molar refractivity (Wildman–Crippen MR) is 84.9 cm³/mol. The zero-order chi connectivity index (χ0) is 14.8. The number of hydrogen-bond donors (Lipinski definition) is 0. The van der Waals surface area contributed by atoms with Crippen LogP contribution in [0.15, 0.2) is 23.7 Å². The lowest BCUT2D eigenvalue weighted by Crippen LogP contribution is -2.07. The first kappa shape index (κ1) is 14.8. The highest BCUT2D eigenvalue weighted by molar-refractivity contribution is 7.09. The molecule has 0 amide bonds. The van der Waals surface area contributed by atoms with Gasteiger partial charge in [-0.2, -0.15) is 0 Å². The molecule has 0 saturated carbocycles. The second-order valence-electron chi connectivity index (χ2n) is 4.55. The van der Waals surface area contributed by atoms with Gasteiger partial charge >= 0.3 is 0 Å². The monoisotopic (exact) mass is 343 g/mol. The second-order valence-corrected chi connectivity index (χ2v) is 6.31. The maximum Gasteiger partial charge on any atom is 0.144 e. The molecule has 3 nitrogen and oxygen atoms in total. The van der Waals surface area contributed by atoms with E-state index in [0.29, 0.717) is 17.8 Å². The van der Waals surface area contributed by atoms with Crippen LogP contribution in [0, 0.1) is 5.82 Å². The summed E-state index contributed by atoms with van der Waals surface area (Å²) in [6.07, 6.45) is 3.22. The summed E-state index contributed by atoms with van der Waals surface area (Å²) in [7, 11) is 0. The molecule has 3 rings (SSSR count). The lowest BCUT2D eigenvalue weighted by molar-refractivity contribution is 0.629. The Kier molecular flexibility index (Phi) is 4.42. The quantitative estimate of drug-likeness (QED) is 0.646. The second kappa shape index (κ2) is 6.30. The van der Waals surface area contributed by atoms with Crippen LogP contribution in [0.1, 0.15) is 10.8 Å². The normalized spacial score (nSPS) is 11.4. The van der Waals surface area contributed by atoms with E-state index in [-0.39, 0.29) is 5.02 Å². The Labute approximate surface area is 135 Å². The van der Waals surface area contributed by atoms with Gasteiger partial charge in [0.25, 0.3) is 0 Å². The number of aromatic nitrogens is 3. The molecule has 0 aliphatic rings. The molecule has 0 unspecified atom stereocenters. The molecular formula is C14H12Cl2FN3S. The number of imidazole rings is 1. The van der Waals surface area contributed by atoms with Crippen molar-refractivity contribution in [3.63, 3.8) is 0 Å². The van der Waals surface area contributed by atoms with Crippen LogP contribution in [0.3, 0.4) is 0 Å². The Morgan fingerprint density at radius 1 is 1.29 bits per heavy atom. The van der Waals surface area contributed by atoms with Crippen LogP contribution >= 0.6 is 34.5 Å². The zero-order valence-corrected chi connectivity index (χ0v) is 13.3. The van der Waals surface area contributed by atoms with Gasteiger partial charge in [0.15, 0.2) is 0 Å². The largest absolute Gasteiger partial charge is 0.327 e. The highest BCUT2D eigenvalue weighted by Crippen LogP contribution is 2.24. The summed E-state index contributed by atoms with van der Waals surface area (Å²) in [4.78, 5) is 8.74. The van der Waals surface area contributed by atoms with Crippen LogP contribution in [0.5, 0.6) is 0 Å². The number of thiazole rings is 1. The maximum absolute atomic E-state index is 13.6. The molecule has 3 aromatic rings. The third-order valence-corrected chi connectivity index (χ3v) is 4.54. The first-order valence-corrected chi connectivity index (χ1v) is 8.26. The third kappa shape index (κ3) is 3.05. The Bertz CT molecular complexity index is 755. The summed E-state index contributed by atoms with van der Waals surface area (Å²) in [5.41, 5.74) is 1.44. The van der Waals surface area contributed by atoms with Crippen LogP contribution in [0.4, 0.5) is 4.39 Å². The third-order valence-electron chi connectivity index (χ3n) is 3.22. The molecule has 1 aromatic carbocycles. The molecule has 0 fully saturated rings. The molecule has 0 saturated heterocycles. The molecular weight excluding hydrogens is 332 g/mol. The van der Waals surface area contributed by atoms with Crippen molar-refractivity contribution in [2.75, 3.05) is 5.88 Å². The Morgan fingerprint density at radius 2 is 2.14 bits per heavy atom. The Morgan fingerprint density at radius 3 is 2.86 bits per heavy atom.